The van der Waals surface area contributed by atoms with E-state index in [1.54, 1.807) is 0 Å². The van der Waals surface area contributed by atoms with E-state index in [0.717, 1.165) is 5.57 Å². The molecule has 0 aliphatic carbocycles. The molecule has 0 aromatic carbocycles. The minimum atomic E-state index is -0.813. The molecule has 0 aromatic heterocycles. The van der Waals surface area contributed by atoms with E-state index in [0.29, 0.717) is 6.42 Å². The van der Waals surface area contributed by atoms with Gasteiger partial charge in [-0.3, -0.25) is 0 Å². The lowest BCUT2D eigenvalue weighted by molar-refractivity contribution is 0.0353. The van der Waals surface area contributed by atoms with Gasteiger partial charge < -0.3 is 15.3 Å². The first-order chi connectivity index (χ1) is 5.97. The molecule has 0 saturated heterocycles. The highest BCUT2D eigenvalue weighted by atomic mass is 16.3. The molecular formula is C10H20O3. The Morgan fingerprint density at radius 1 is 1.23 bits per heavy atom. The summed E-state index contributed by atoms with van der Waals surface area (Å²) in [6, 6.07) is 0. The summed E-state index contributed by atoms with van der Waals surface area (Å²) >= 11 is 0. The molecule has 0 radical (unpaired) electrons. The molecule has 3 heteroatoms. The van der Waals surface area contributed by atoms with Crippen molar-refractivity contribution in [2.45, 2.75) is 38.9 Å². The molecule has 3 nitrogen and oxygen atoms in total. The Morgan fingerprint density at radius 3 is 2.15 bits per heavy atom. The van der Waals surface area contributed by atoms with Crippen LogP contribution in [-0.4, -0.2) is 34.1 Å². The van der Waals surface area contributed by atoms with Crippen LogP contribution in [0.4, 0.5) is 0 Å². The summed E-state index contributed by atoms with van der Waals surface area (Å²) in [7, 11) is 0. The van der Waals surface area contributed by atoms with Crippen molar-refractivity contribution in [3.05, 3.63) is 12.2 Å². The van der Waals surface area contributed by atoms with Crippen molar-refractivity contribution in [3.8, 4) is 0 Å². The second-order valence-electron chi connectivity index (χ2n) is 3.71. The molecular weight excluding hydrogens is 168 g/mol. The Labute approximate surface area is 79.7 Å². The van der Waals surface area contributed by atoms with Gasteiger partial charge in [0.2, 0.25) is 0 Å². The van der Waals surface area contributed by atoms with Gasteiger partial charge in [-0.05, 0) is 19.3 Å². The van der Waals surface area contributed by atoms with Crippen molar-refractivity contribution in [3.63, 3.8) is 0 Å². The van der Waals surface area contributed by atoms with Crippen LogP contribution in [0.2, 0.25) is 0 Å². The fourth-order valence-electron chi connectivity index (χ4n) is 1.09. The lowest BCUT2D eigenvalue weighted by Crippen LogP contribution is -2.22. The lowest BCUT2D eigenvalue weighted by Gasteiger charge is -2.18. The maximum absolute atomic E-state index is 9.46. The highest BCUT2D eigenvalue weighted by Gasteiger charge is 2.14. The van der Waals surface area contributed by atoms with Crippen LogP contribution in [0.5, 0.6) is 0 Å². The number of hydrogen-bond donors (Lipinski definition) is 3. The minimum absolute atomic E-state index is 0.230. The zero-order valence-corrected chi connectivity index (χ0v) is 8.40. The molecule has 0 rings (SSSR count). The third-order valence-electron chi connectivity index (χ3n) is 2.22. The smallest absolute Gasteiger partial charge is 0.0795 e. The highest BCUT2D eigenvalue weighted by molar-refractivity contribution is 4.94. The van der Waals surface area contributed by atoms with E-state index in [1.165, 1.54) is 0 Å². The van der Waals surface area contributed by atoms with Crippen molar-refractivity contribution in [1.29, 1.82) is 0 Å². The first-order valence-electron chi connectivity index (χ1n) is 4.59. The van der Waals surface area contributed by atoms with Gasteiger partial charge in [0, 0.05) is 6.42 Å². The first-order valence-corrected chi connectivity index (χ1v) is 4.59. The maximum Gasteiger partial charge on any atom is 0.0795 e. The molecule has 0 heterocycles. The summed E-state index contributed by atoms with van der Waals surface area (Å²) in [5, 5.41) is 27.1. The minimum Gasteiger partial charge on any atom is -0.394 e. The number of hydrogen-bond acceptors (Lipinski definition) is 3. The van der Waals surface area contributed by atoms with E-state index < -0.39 is 12.2 Å². The van der Waals surface area contributed by atoms with Crippen molar-refractivity contribution in [2.24, 2.45) is 5.92 Å². The molecule has 0 aliphatic rings. The van der Waals surface area contributed by atoms with Gasteiger partial charge in [-0.2, -0.15) is 0 Å². The van der Waals surface area contributed by atoms with E-state index in [2.05, 4.69) is 6.58 Å². The Kier molecular flexibility index (Phi) is 5.95. The highest BCUT2D eigenvalue weighted by Crippen LogP contribution is 2.16. The van der Waals surface area contributed by atoms with Crippen LogP contribution in [0.3, 0.4) is 0 Å². The fourth-order valence-corrected chi connectivity index (χ4v) is 1.09. The average molecular weight is 188 g/mol. The quantitative estimate of drug-likeness (QED) is 0.537. The molecule has 0 amide bonds. The summed E-state index contributed by atoms with van der Waals surface area (Å²) in [5.74, 6) is 0.251. The third kappa shape index (κ3) is 5.80. The summed E-state index contributed by atoms with van der Waals surface area (Å²) in [4.78, 5) is 0. The van der Waals surface area contributed by atoms with Gasteiger partial charge in [-0.1, -0.05) is 19.1 Å². The Morgan fingerprint density at radius 2 is 1.77 bits per heavy atom. The van der Waals surface area contributed by atoms with E-state index in [-0.39, 0.29) is 18.9 Å². The molecule has 0 aromatic rings. The van der Waals surface area contributed by atoms with Crippen LogP contribution in [0, 0.1) is 5.92 Å². The number of rotatable bonds is 6. The largest absolute Gasteiger partial charge is 0.394 e. The summed E-state index contributed by atoms with van der Waals surface area (Å²) in [5.41, 5.74) is 1.03. The van der Waals surface area contributed by atoms with Crippen LogP contribution in [-0.2, 0) is 0 Å². The molecule has 0 aliphatic heterocycles. The topological polar surface area (TPSA) is 60.7 Å². The van der Waals surface area contributed by atoms with Gasteiger partial charge in [0.15, 0.2) is 0 Å². The monoisotopic (exact) mass is 188 g/mol. The Bertz CT molecular complexity index is 156. The second-order valence-corrected chi connectivity index (χ2v) is 3.71. The van der Waals surface area contributed by atoms with E-state index >= 15 is 0 Å². The number of aliphatic hydroxyl groups excluding tert-OH is 3. The molecule has 0 bridgehead atoms. The normalized spacial score (nSPS) is 17.9. The number of aliphatic hydroxyl groups is 3. The van der Waals surface area contributed by atoms with Gasteiger partial charge in [0.25, 0.3) is 0 Å². The molecule has 3 N–H and O–H groups in total. The number of allylic oxidation sites excluding steroid dienone is 1. The molecule has 13 heavy (non-hydrogen) atoms. The predicted molar refractivity (Wildman–Crippen MR) is 52.3 cm³/mol. The van der Waals surface area contributed by atoms with Crippen LogP contribution >= 0.6 is 0 Å². The standard InChI is InChI=1S/C10H20O3/c1-7(2)8(3)4-9(12)5-10(13)6-11/h8-13H,1,4-6H2,2-3H3/t8-,9-,10-/m0/s1. The predicted octanol–water partition coefficient (Wildman–Crippen LogP) is 0.693. The molecule has 0 fully saturated rings. The van der Waals surface area contributed by atoms with Gasteiger partial charge >= 0.3 is 0 Å². The molecule has 0 spiro atoms. The second kappa shape index (κ2) is 6.13. The first kappa shape index (κ1) is 12.6. The van der Waals surface area contributed by atoms with Crippen LogP contribution in [0.25, 0.3) is 0 Å². The third-order valence-corrected chi connectivity index (χ3v) is 2.22. The van der Waals surface area contributed by atoms with E-state index in [1.807, 2.05) is 13.8 Å². The van der Waals surface area contributed by atoms with Gasteiger partial charge in [-0.25, -0.2) is 0 Å². The molecule has 0 unspecified atom stereocenters. The van der Waals surface area contributed by atoms with Crippen molar-refractivity contribution < 1.29 is 15.3 Å². The Hall–Kier alpha value is -0.380. The average Bonchev–Trinajstić information content (AvgIpc) is 2.03. The van der Waals surface area contributed by atoms with Crippen molar-refractivity contribution >= 4 is 0 Å². The lowest BCUT2D eigenvalue weighted by atomic mass is 9.95. The van der Waals surface area contributed by atoms with Crippen molar-refractivity contribution in [1.82, 2.24) is 0 Å². The maximum atomic E-state index is 9.46. The molecule has 3 atom stereocenters. The van der Waals surface area contributed by atoms with E-state index in [4.69, 9.17) is 10.2 Å². The zero-order chi connectivity index (χ0) is 10.4. The van der Waals surface area contributed by atoms with Gasteiger partial charge in [0.1, 0.15) is 0 Å². The van der Waals surface area contributed by atoms with Crippen LogP contribution < -0.4 is 0 Å². The SMILES string of the molecule is C=C(C)[C@@H](C)C[C@H](O)C[C@H](O)CO. The Balaban J connectivity index is 3.73. The zero-order valence-electron chi connectivity index (χ0n) is 8.40. The van der Waals surface area contributed by atoms with Gasteiger partial charge in [-0.15, -0.1) is 0 Å². The van der Waals surface area contributed by atoms with Crippen LogP contribution in [0.15, 0.2) is 12.2 Å². The fraction of sp³-hybridized carbons (Fsp3) is 0.800. The molecule has 78 valence electrons. The molecule has 0 saturated carbocycles. The van der Waals surface area contributed by atoms with E-state index in [9.17, 15) is 5.11 Å². The van der Waals surface area contributed by atoms with Crippen molar-refractivity contribution in [2.75, 3.05) is 6.61 Å². The van der Waals surface area contributed by atoms with Crippen LogP contribution in [0.1, 0.15) is 26.7 Å². The summed E-state index contributed by atoms with van der Waals surface area (Å²) < 4.78 is 0. The summed E-state index contributed by atoms with van der Waals surface area (Å²) in [6.45, 7) is 7.39. The van der Waals surface area contributed by atoms with Gasteiger partial charge in [0.05, 0.1) is 18.8 Å². The summed E-state index contributed by atoms with van der Waals surface area (Å²) in [6.07, 6.45) is -0.554.